The van der Waals surface area contributed by atoms with E-state index >= 15 is 0 Å². The minimum absolute atomic E-state index is 0.182. The van der Waals surface area contributed by atoms with Crippen LogP contribution in [0.2, 0.25) is 0 Å². The Morgan fingerprint density at radius 2 is 2.05 bits per heavy atom. The van der Waals surface area contributed by atoms with E-state index in [0.717, 1.165) is 14.9 Å². The summed E-state index contributed by atoms with van der Waals surface area (Å²) in [5, 5.41) is 14.0. The fraction of sp³-hybridized carbons (Fsp3) is 0.214. The van der Waals surface area contributed by atoms with Crippen molar-refractivity contribution in [2.75, 3.05) is 0 Å². The van der Waals surface area contributed by atoms with Gasteiger partial charge >= 0.3 is 0 Å². The molecule has 1 heterocycles. The molecule has 2 rings (SSSR count). The molecule has 1 atom stereocenters. The number of benzene rings is 1. The highest BCUT2D eigenvalue weighted by molar-refractivity contribution is 9.10. The molecule has 0 unspecified atom stereocenters. The Labute approximate surface area is 129 Å². The van der Waals surface area contributed by atoms with E-state index in [4.69, 9.17) is 5.73 Å². The van der Waals surface area contributed by atoms with E-state index in [1.54, 1.807) is 35.6 Å². The van der Waals surface area contributed by atoms with Crippen LogP contribution in [0.1, 0.15) is 10.4 Å². The zero-order valence-electron chi connectivity index (χ0n) is 10.7. The highest BCUT2D eigenvalue weighted by Gasteiger charge is 2.14. The Kier molecular flexibility index (Phi) is 5.17. The molecule has 0 aliphatic rings. The molecule has 0 aliphatic carbocycles. The second kappa shape index (κ2) is 6.88. The molecule has 2 aromatic rings. The first-order valence-corrected chi connectivity index (χ1v) is 7.76. The Morgan fingerprint density at radius 3 is 2.65 bits per heavy atom. The third kappa shape index (κ3) is 4.06. The zero-order chi connectivity index (χ0) is 14.5. The summed E-state index contributed by atoms with van der Waals surface area (Å²) in [6, 6.07) is 8.04. The number of rotatable bonds is 5. The van der Waals surface area contributed by atoms with Crippen LogP contribution in [0.25, 0.3) is 0 Å². The van der Waals surface area contributed by atoms with Crippen LogP contribution in [0.5, 0.6) is 5.75 Å². The van der Waals surface area contributed by atoms with Gasteiger partial charge in [0.05, 0.1) is 12.6 Å². The number of nitrogens with one attached hydrogen (secondary N) is 1. The Morgan fingerprint density at radius 1 is 1.35 bits per heavy atom. The number of phenolic OH excluding ortho intramolecular Hbond substituents is 1. The first-order valence-electron chi connectivity index (χ1n) is 6.09. The number of nitrogens with two attached hydrogens (primary N) is 1. The third-order valence-corrected chi connectivity index (χ3v) is 4.77. The highest BCUT2D eigenvalue weighted by atomic mass is 79.9. The minimum atomic E-state index is -0.599. The van der Waals surface area contributed by atoms with E-state index in [1.165, 1.54) is 0 Å². The molecular weight excluding hydrogens is 340 g/mol. The SMILES string of the molecule is N[C@@H](Cc1ccc(O)cc1)C(=O)NCc1sccc1Br. The first kappa shape index (κ1) is 15.0. The number of carbonyl (C=O) groups is 1. The van der Waals surface area contributed by atoms with Crippen molar-refractivity contribution in [1.29, 1.82) is 0 Å². The molecule has 0 bridgehead atoms. The second-order valence-corrected chi connectivity index (χ2v) is 6.24. The van der Waals surface area contributed by atoms with Crippen LogP contribution < -0.4 is 11.1 Å². The van der Waals surface area contributed by atoms with Gasteiger partial charge in [0.15, 0.2) is 0 Å². The topological polar surface area (TPSA) is 75.3 Å². The van der Waals surface area contributed by atoms with Gasteiger partial charge in [-0.3, -0.25) is 4.79 Å². The summed E-state index contributed by atoms with van der Waals surface area (Å²) >= 11 is 5.00. The molecule has 0 fully saturated rings. The number of halogens is 1. The van der Waals surface area contributed by atoms with Crippen LogP contribution in [0.3, 0.4) is 0 Å². The summed E-state index contributed by atoms with van der Waals surface area (Å²) in [6.07, 6.45) is 0.442. The maximum absolute atomic E-state index is 11.9. The van der Waals surface area contributed by atoms with E-state index < -0.39 is 6.04 Å². The molecule has 4 nitrogen and oxygen atoms in total. The van der Waals surface area contributed by atoms with E-state index in [2.05, 4.69) is 21.2 Å². The second-order valence-electron chi connectivity index (χ2n) is 4.39. The lowest BCUT2D eigenvalue weighted by Crippen LogP contribution is -2.41. The summed E-state index contributed by atoms with van der Waals surface area (Å²) in [7, 11) is 0. The lowest BCUT2D eigenvalue weighted by molar-refractivity contribution is -0.122. The van der Waals surface area contributed by atoms with Gasteiger partial charge in [0.25, 0.3) is 0 Å². The van der Waals surface area contributed by atoms with Crippen molar-refractivity contribution in [2.24, 2.45) is 5.73 Å². The summed E-state index contributed by atoms with van der Waals surface area (Å²) in [5.41, 5.74) is 6.80. The standard InChI is InChI=1S/C14H15BrN2O2S/c15-11-5-6-20-13(11)8-17-14(19)12(16)7-9-1-3-10(18)4-2-9/h1-6,12,18H,7-8,16H2,(H,17,19)/t12-/m0/s1. The quantitative estimate of drug-likeness (QED) is 0.771. The molecule has 0 saturated carbocycles. The fourth-order valence-electron chi connectivity index (χ4n) is 1.73. The summed E-state index contributed by atoms with van der Waals surface area (Å²) in [6.45, 7) is 0.473. The predicted octanol–water partition coefficient (Wildman–Crippen LogP) is 2.40. The molecule has 1 aromatic heterocycles. The van der Waals surface area contributed by atoms with Crippen LogP contribution in [-0.2, 0) is 17.8 Å². The van der Waals surface area contributed by atoms with E-state index in [0.29, 0.717) is 13.0 Å². The Hall–Kier alpha value is -1.37. The van der Waals surface area contributed by atoms with Crippen molar-refractivity contribution < 1.29 is 9.90 Å². The maximum Gasteiger partial charge on any atom is 0.237 e. The van der Waals surface area contributed by atoms with Crippen molar-refractivity contribution in [3.05, 3.63) is 50.6 Å². The van der Waals surface area contributed by atoms with Crippen LogP contribution in [0.15, 0.2) is 40.2 Å². The maximum atomic E-state index is 11.9. The normalized spacial score (nSPS) is 12.1. The molecule has 20 heavy (non-hydrogen) atoms. The number of amides is 1. The molecular formula is C14H15BrN2O2S. The van der Waals surface area contributed by atoms with Crippen molar-refractivity contribution in [2.45, 2.75) is 19.0 Å². The molecule has 1 aromatic carbocycles. The average molecular weight is 355 g/mol. The number of aromatic hydroxyl groups is 1. The lowest BCUT2D eigenvalue weighted by Gasteiger charge is -2.12. The summed E-state index contributed by atoms with van der Waals surface area (Å²) in [4.78, 5) is 13.0. The molecule has 6 heteroatoms. The van der Waals surface area contributed by atoms with Gasteiger partial charge in [-0.15, -0.1) is 11.3 Å². The molecule has 0 saturated heterocycles. The van der Waals surface area contributed by atoms with Gasteiger partial charge in [-0.25, -0.2) is 0 Å². The monoisotopic (exact) mass is 354 g/mol. The van der Waals surface area contributed by atoms with Crippen molar-refractivity contribution in [1.82, 2.24) is 5.32 Å². The van der Waals surface area contributed by atoms with E-state index in [9.17, 15) is 9.90 Å². The predicted molar refractivity (Wildman–Crippen MR) is 83.7 cm³/mol. The Bertz CT molecular complexity index is 583. The fourth-order valence-corrected chi connectivity index (χ4v) is 3.16. The van der Waals surface area contributed by atoms with Crippen LogP contribution in [0, 0.1) is 0 Å². The lowest BCUT2D eigenvalue weighted by atomic mass is 10.1. The minimum Gasteiger partial charge on any atom is -0.508 e. The molecule has 1 amide bonds. The van der Waals surface area contributed by atoms with Crippen LogP contribution in [0.4, 0.5) is 0 Å². The number of hydrogen-bond donors (Lipinski definition) is 3. The number of hydrogen-bond acceptors (Lipinski definition) is 4. The van der Waals surface area contributed by atoms with Gasteiger partial charge in [0.2, 0.25) is 5.91 Å². The first-order chi connectivity index (χ1) is 9.56. The largest absolute Gasteiger partial charge is 0.508 e. The van der Waals surface area contributed by atoms with Gasteiger partial charge in [-0.05, 0) is 51.5 Å². The van der Waals surface area contributed by atoms with Crippen LogP contribution >= 0.6 is 27.3 Å². The van der Waals surface area contributed by atoms with Crippen molar-refractivity contribution >= 4 is 33.2 Å². The number of phenols is 1. The molecule has 0 aliphatic heterocycles. The molecule has 0 spiro atoms. The van der Waals surface area contributed by atoms with Gasteiger partial charge < -0.3 is 16.2 Å². The van der Waals surface area contributed by atoms with Crippen LogP contribution in [-0.4, -0.2) is 17.1 Å². The summed E-state index contributed by atoms with van der Waals surface area (Å²) in [5.74, 6) is 0.0210. The van der Waals surface area contributed by atoms with Gasteiger partial charge in [-0.1, -0.05) is 12.1 Å². The Balaban J connectivity index is 1.86. The zero-order valence-corrected chi connectivity index (χ0v) is 13.1. The van der Waals surface area contributed by atoms with Crippen molar-refractivity contribution in [3.8, 4) is 5.75 Å². The average Bonchev–Trinajstić information content (AvgIpc) is 2.84. The highest BCUT2D eigenvalue weighted by Crippen LogP contribution is 2.22. The van der Waals surface area contributed by atoms with Gasteiger partial charge in [0.1, 0.15) is 5.75 Å². The van der Waals surface area contributed by atoms with Crippen molar-refractivity contribution in [3.63, 3.8) is 0 Å². The molecule has 0 radical (unpaired) electrons. The molecule has 106 valence electrons. The summed E-state index contributed by atoms with van der Waals surface area (Å²) < 4.78 is 0.995. The smallest absolute Gasteiger partial charge is 0.237 e. The van der Waals surface area contributed by atoms with Gasteiger partial charge in [-0.2, -0.15) is 0 Å². The third-order valence-electron chi connectivity index (χ3n) is 2.84. The van der Waals surface area contributed by atoms with E-state index in [1.807, 2.05) is 11.4 Å². The number of thiophene rings is 1. The van der Waals surface area contributed by atoms with E-state index in [-0.39, 0.29) is 11.7 Å². The van der Waals surface area contributed by atoms with Gasteiger partial charge in [0, 0.05) is 9.35 Å². The molecule has 4 N–H and O–H groups in total. The number of carbonyl (C=O) groups excluding carboxylic acids is 1.